The molecule has 3 rings (SSSR count). The Kier molecular flexibility index (Phi) is 5.53. The van der Waals surface area contributed by atoms with Gasteiger partial charge in [-0.3, -0.25) is 9.48 Å². The van der Waals surface area contributed by atoms with E-state index in [4.69, 9.17) is 9.26 Å². The first kappa shape index (κ1) is 19.7. The van der Waals surface area contributed by atoms with Crippen LogP contribution in [-0.2, 0) is 20.2 Å². The van der Waals surface area contributed by atoms with E-state index in [9.17, 15) is 4.79 Å². The van der Waals surface area contributed by atoms with Crippen molar-refractivity contribution < 1.29 is 14.1 Å². The first-order valence-corrected chi connectivity index (χ1v) is 9.17. The van der Waals surface area contributed by atoms with Gasteiger partial charge in [0, 0.05) is 31.9 Å². The van der Waals surface area contributed by atoms with E-state index in [0.717, 1.165) is 28.3 Å². The molecule has 0 aliphatic rings. The number of rotatable bonds is 6. The molecule has 2 aromatic heterocycles. The third kappa shape index (κ3) is 3.93. The van der Waals surface area contributed by atoms with Crippen molar-refractivity contribution in [3.63, 3.8) is 0 Å². The van der Waals surface area contributed by atoms with Gasteiger partial charge in [0.25, 0.3) is 5.91 Å². The lowest BCUT2D eigenvalue weighted by molar-refractivity contribution is 0.0772. The zero-order chi connectivity index (χ0) is 20.4. The molecule has 0 spiro atoms. The molecular formula is C21H26N4O3. The maximum atomic E-state index is 13.0. The van der Waals surface area contributed by atoms with Crippen molar-refractivity contribution in [1.82, 2.24) is 19.8 Å². The number of benzene rings is 1. The summed E-state index contributed by atoms with van der Waals surface area (Å²) in [6, 6.07) is 7.77. The van der Waals surface area contributed by atoms with E-state index >= 15 is 0 Å². The Morgan fingerprint density at radius 2 is 1.82 bits per heavy atom. The number of hydrogen-bond donors (Lipinski definition) is 0. The second-order valence-corrected chi connectivity index (χ2v) is 7.10. The molecule has 0 aliphatic heterocycles. The highest BCUT2D eigenvalue weighted by molar-refractivity contribution is 5.93. The van der Waals surface area contributed by atoms with E-state index in [1.165, 1.54) is 0 Å². The number of aryl methyl sites for hydroxylation is 4. The molecule has 0 N–H and O–H groups in total. The molecule has 0 atom stereocenters. The van der Waals surface area contributed by atoms with Crippen molar-refractivity contribution in [3.05, 3.63) is 63.8 Å². The van der Waals surface area contributed by atoms with Gasteiger partial charge in [0.15, 0.2) is 5.69 Å². The summed E-state index contributed by atoms with van der Waals surface area (Å²) in [7, 11) is 3.65. The van der Waals surface area contributed by atoms with Gasteiger partial charge in [-0.05, 0) is 39.8 Å². The number of ether oxygens (including phenoxy) is 1. The zero-order valence-electron chi connectivity index (χ0n) is 17.2. The SMILES string of the molecule is Cc1ccc(OCc2c(C(=O)N(C)Cc3c(C)nn(C)c3C)noc2C)cc1. The van der Waals surface area contributed by atoms with E-state index in [0.29, 0.717) is 17.9 Å². The van der Waals surface area contributed by atoms with Gasteiger partial charge in [0.2, 0.25) is 0 Å². The summed E-state index contributed by atoms with van der Waals surface area (Å²) < 4.78 is 12.9. The van der Waals surface area contributed by atoms with E-state index in [-0.39, 0.29) is 18.2 Å². The fourth-order valence-electron chi connectivity index (χ4n) is 3.06. The molecule has 0 fully saturated rings. The summed E-state index contributed by atoms with van der Waals surface area (Å²) in [6.07, 6.45) is 0. The van der Waals surface area contributed by atoms with Crippen LogP contribution in [0.25, 0.3) is 0 Å². The van der Waals surface area contributed by atoms with Crippen molar-refractivity contribution in [2.75, 3.05) is 7.05 Å². The van der Waals surface area contributed by atoms with Crippen LogP contribution in [0.1, 0.15) is 44.3 Å². The van der Waals surface area contributed by atoms with E-state index < -0.39 is 0 Å². The van der Waals surface area contributed by atoms with Gasteiger partial charge in [-0.25, -0.2) is 0 Å². The average Bonchev–Trinajstić information content (AvgIpc) is 3.14. The molecule has 0 unspecified atom stereocenters. The third-order valence-corrected chi connectivity index (χ3v) is 4.99. The fourth-order valence-corrected chi connectivity index (χ4v) is 3.06. The lowest BCUT2D eigenvalue weighted by atomic mass is 10.1. The van der Waals surface area contributed by atoms with Crippen LogP contribution in [0.3, 0.4) is 0 Å². The van der Waals surface area contributed by atoms with Crippen molar-refractivity contribution in [2.24, 2.45) is 7.05 Å². The van der Waals surface area contributed by atoms with Crippen LogP contribution < -0.4 is 4.74 Å². The Bertz CT molecular complexity index is 986. The first-order chi connectivity index (χ1) is 13.3. The summed E-state index contributed by atoms with van der Waals surface area (Å²) in [5.41, 5.74) is 5.10. The zero-order valence-corrected chi connectivity index (χ0v) is 17.2. The minimum Gasteiger partial charge on any atom is -0.489 e. The molecule has 1 amide bonds. The summed E-state index contributed by atoms with van der Waals surface area (Å²) >= 11 is 0. The molecule has 0 radical (unpaired) electrons. The Balaban J connectivity index is 1.75. The van der Waals surface area contributed by atoms with Crippen LogP contribution in [0.5, 0.6) is 5.75 Å². The number of carbonyl (C=O) groups is 1. The molecule has 7 nitrogen and oxygen atoms in total. The van der Waals surface area contributed by atoms with Gasteiger partial charge in [-0.15, -0.1) is 0 Å². The Labute approximate surface area is 164 Å². The molecule has 7 heteroatoms. The topological polar surface area (TPSA) is 73.4 Å². The summed E-state index contributed by atoms with van der Waals surface area (Å²) in [6.45, 7) is 8.42. The maximum Gasteiger partial charge on any atom is 0.276 e. The minimum atomic E-state index is -0.206. The van der Waals surface area contributed by atoms with Gasteiger partial charge < -0.3 is 14.2 Å². The van der Waals surface area contributed by atoms with Gasteiger partial charge in [0.05, 0.1) is 11.3 Å². The standard InChI is InChI=1S/C21H26N4O3/c1-13-7-9-17(10-8-13)27-12-19-16(4)28-23-20(19)21(26)24(5)11-18-14(2)22-25(6)15(18)3/h7-10H,11-12H2,1-6H3. The lowest BCUT2D eigenvalue weighted by Crippen LogP contribution is -2.28. The summed E-state index contributed by atoms with van der Waals surface area (Å²) in [5, 5.41) is 8.40. The second-order valence-electron chi connectivity index (χ2n) is 7.10. The average molecular weight is 382 g/mol. The van der Waals surface area contributed by atoms with Gasteiger partial charge in [0.1, 0.15) is 18.1 Å². The molecule has 0 aliphatic carbocycles. The highest BCUT2D eigenvalue weighted by atomic mass is 16.5. The van der Waals surface area contributed by atoms with E-state index in [2.05, 4.69) is 10.3 Å². The third-order valence-electron chi connectivity index (χ3n) is 4.99. The Morgan fingerprint density at radius 1 is 1.14 bits per heavy atom. The Hall–Kier alpha value is -3.09. The monoisotopic (exact) mass is 382 g/mol. The molecule has 0 saturated carbocycles. The summed E-state index contributed by atoms with van der Waals surface area (Å²) in [4.78, 5) is 14.6. The number of nitrogens with zero attached hydrogens (tertiary/aromatic N) is 4. The lowest BCUT2D eigenvalue weighted by Gasteiger charge is -2.17. The number of carbonyl (C=O) groups excluding carboxylic acids is 1. The number of hydrogen-bond acceptors (Lipinski definition) is 5. The van der Waals surface area contributed by atoms with E-state index in [1.807, 2.05) is 56.8 Å². The molecule has 0 saturated heterocycles. The van der Waals surface area contributed by atoms with Crippen LogP contribution >= 0.6 is 0 Å². The largest absolute Gasteiger partial charge is 0.489 e. The van der Waals surface area contributed by atoms with Crippen LogP contribution in [-0.4, -0.2) is 32.8 Å². The highest BCUT2D eigenvalue weighted by Crippen LogP contribution is 2.21. The van der Waals surface area contributed by atoms with Gasteiger partial charge in [-0.1, -0.05) is 22.9 Å². The van der Waals surface area contributed by atoms with E-state index in [1.54, 1.807) is 18.9 Å². The number of amides is 1. The van der Waals surface area contributed by atoms with Crippen molar-refractivity contribution in [3.8, 4) is 5.75 Å². The normalized spacial score (nSPS) is 10.9. The molecule has 3 aromatic rings. The molecule has 28 heavy (non-hydrogen) atoms. The maximum absolute atomic E-state index is 13.0. The number of aromatic nitrogens is 3. The summed E-state index contributed by atoms with van der Waals surface area (Å²) in [5.74, 6) is 1.11. The van der Waals surface area contributed by atoms with Crippen LogP contribution in [0, 0.1) is 27.7 Å². The molecule has 1 aromatic carbocycles. The van der Waals surface area contributed by atoms with Crippen LogP contribution in [0.15, 0.2) is 28.8 Å². The van der Waals surface area contributed by atoms with Crippen molar-refractivity contribution in [1.29, 1.82) is 0 Å². The van der Waals surface area contributed by atoms with Crippen molar-refractivity contribution >= 4 is 5.91 Å². The molecule has 148 valence electrons. The highest BCUT2D eigenvalue weighted by Gasteiger charge is 2.24. The predicted molar refractivity (Wildman–Crippen MR) is 105 cm³/mol. The second kappa shape index (κ2) is 7.88. The van der Waals surface area contributed by atoms with Crippen molar-refractivity contribution in [2.45, 2.75) is 40.8 Å². The predicted octanol–water partition coefficient (Wildman–Crippen LogP) is 3.49. The van der Waals surface area contributed by atoms with Crippen LogP contribution in [0.2, 0.25) is 0 Å². The first-order valence-electron chi connectivity index (χ1n) is 9.17. The molecular weight excluding hydrogens is 356 g/mol. The van der Waals surface area contributed by atoms with Gasteiger partial charge in [-0.2, -0.15) is 5.10 Å². The Morgan fingerprint density at radius 3 is 2.43 bits per heavy atom. The smallest absolute Gasteiger partial charge is 0.276 e. The quantitative estimate of drug-likeness (QED) is 0.652. The van der Waals surface area contributed by atoms with Crippen LogP contribution in [0.4, 0.5) is 0 Å². The van der Waals surface area contributed by atoms with Gasteiger partial charge >= 0.3 is 0 Å². The minimum absolute atomic E-state index is 0.206. The molecule has 0 bridgehead atoms. The molecule has 2 heterocycles. The fraction of sp³-hybridized carbons (Fsp3) is 0.381.